The van der Waals surface area contributed by atoms with Crippen molar-refractivity contribution in [2.75, 3.05) is 36.0 Å². The van der Waals surface area contributed by atoms with Crippen molar-refractivity contribution in [1.29, 1.82) is 0 Å². The summed E-state index contributed by atoms with van der Waals surface area (Å²) in [6.07, 6.45) is -2.25. The summed E-state index contributed by atoms with van der Waals surface area (Å²) in [4.78, 5) is 10.5. The topological polar surface area (TPSA) is 53.3 Å². The summed E-state index contributed by atoms with van der Waals surface area (Å²) in [5, 5.41) is 9.36. The SMILES string of the molecule is Cc1ccnc(N2CC3(C2)CN(c2nnc4n2-c2ccc(Cl)cc2CN(C2(C(F)(F)F)CC2)C4)C3)c1. The molecule has 7 nitrogen and oxygen atoms in total. The van der Waals surface area contributed by atoms with Gasteiger partial charge in [-0.25, -0.2) is 4.98 Å². The molecule has 0 atom stereocenters. The van der Waals surface area contributed by atoms with E-state index in [1.807, 2.05) is 22.9 Å². The molecule has 1 saturated carbocycles. The molecule has 3 aliphatic heterocycles. The van der Waals surface area contributed by atoms with Crippen molar-refractivity contribution in [3.63, 3.8) is 0 Å². The molecule has 7 rings (SSSR count). The lowest BCUT2D eigenvalue weighted by Gasteiger charge is -2.60. The van der Waals surface area contributed by atoms with E-state index >= 15 is 0 Å². The summed E-state index contributed by atoms with van der Waals surface area (Å²) < 4.78 is 44.0. The maximum atomic E-state index is 14.0. The Morgan fingerprint density at radius 1 is 0.944 bits per heavy atom. The molecule has 3 aromatic rings. The minimum absolute atomic E-state index is 0.0879. The second kappa shape index (κ2) is 7.35. The van der Waals surface area contributed by atoms with Gasteiger partial charge in [-0.05, 0) is 61.2 Å². The van der Waals surface area contributed by atoms with Gasteiger partial charge < -0.3 is 9.80 Å². The first-order valence-corrected chi connectivity index (χ1v) is 12.5. The van der Waals surface area contributed by atoms with Crippen LogP contribution in [0.1, 0.15) is 29.8 Å². The maximum absolute atomic E-state index is 14.0. The predicted molar refractivity (Wildman–Crippen MR) is 129 cm³/mol. The van der Waals surface area contributed by atoms with Gasteiger partial charge in [0.1, 0.15) is 11.4 Å². The van der Waals surface area contributed by atoms with E-state index in [9.17, 15) is 13.2 Å². The summed E-state index contributed by atoms with van der Waals surface area (Å²) in [6, 6.07) is 9.51. The zero-order valence-electron chi connectivity index (χ0n) is 19.8. The van der Waals surface area contributed by atoms with Crippen LogP contribution in [0.2, 0.25) is 5.02 Å². The van der Waals surface area contributed by atoms with E-state index in [1.165, 1.54) is 10.5 Å². The third-order valence-corrected chi connectivity index (χ3v) is 8.39. The number of aryl methyl sites for hydroxylation is 1. The summed E-state index contributed by atoms with van der Waals surface area (Å²) in [5.74, 6) is 2.21. The fourth-order valence-electron chi connectivity index (χ4n) is 6.12. The number of hydrogen-bond acceptors (Lipinski definition) is 6. The zero-order chi connectivity index (χ0) is 24.9. The zero-order valence-corrected chi connectivity index (χ0v) is 20.5. The largest absolute Gasteiger partial charge is 0.406 e. The Balaban J connectivity index is 1.17. The molecule has 3 fully saturated rings. The molecule has 1 aromatic carbocycles. The first-order valence-electron chi connectivity index (χ1n) is 12.1. The molecule has 5 heterocycles. The van der Waals surface area contributed by atoms with E-state index in [0.717, 1.165) is 43.2 Å². The lowest BCUT2D eigenvalue weighted by atomic mass is 9.73. The van der Waals surface area contributed by atoms with E-state index in [4.69, 9.17) is 11.6 Å². The van der Waals surface area contributed by atoms with Crippen molar-refractivity contribution in [2.45, 2.75) is 44.6 Å². The Morgan fingerprint density at radius 3 is 2.39 bits per heavy atom. The highest BCUT2D eigenvalue weighted by atomic mass is 35.5. The smallest absolute Gasteiger partial charge is 0.355 e. The fourth-order valence-corrected chi connectivity index (χ4v) is 6.31. The molecule has 0 unspecified atom stereocenters. The van der Waals surface area contributed by atoms with E-state index < -0.39 is 11.7 Å². The normalized spacial score (nSPS) is 21.9. The summed E-state index contributed by atoms with van der Waals surface area (Å²) in [6.45, 7) is 5.82. The number of alkyl halides is 3. The predicted octanol–water partition coefficient (Wildman–Crippen LogP) is 4.36. The van der Waals surface area contributed by atoms with Gasteiger partial charge in [-0.1, -0.05) is 11.6 Å². The minimum atomic E-state index is -4.30. The number of rotatable bonds is 3. The third kappa shape index (κ3) is 3.26. The van der Waals surface area contributed by atoms with Crippen molar-refractivity contribution < 1.29 is 13.2 Å². The maximum Gasteiger partial charge on any atom is 0.406 e. The van der Waals surface area contributed by atoms with Gasteiger partial charge in [-0.2, -0.15) is 13.2 Å². The van der Waals surface area contributed by atoms with Crippen molar-refractivity contribution in [1.82, 2.24) is 24.6 Å². The molecule has 4 aliphatic rings. The van der Waals surface area contributed by atoms with Gasteiger partial charge in [-0.15, -0.1) is 10.2 Å². The molecule has 1 spiro atoms. The summed E-state index contributed by atoms with van der Waals surface area (Å²) >= 11 is 6.28. The van der Waals surface area contributed by atoms with Crippen LogP contribution in [0.15, 0.2) is 36.5 Å². The molecule has 2 saturated heterocycles. The van der Waals surface area contributed by atoms with Crippen LogP contribution in [0.3, 0.4) is 0 Å². The molecule has 188 valence electrons. The van der Waals surface area contributed by atoms with E-state index in [2.05, 4.69) is 38.0 Å². The fraction of sp³-hybridized carbons (Fsp3) is 0.480. The number of anilines is 2. The number of benzene rings is 1. The Morgan fingerprint density at radius 2 is 1.69 bits per heavy atom. The Hall–Kier alpha value is -2.85. The molecule has 2 aromatic heterocycles. The van der Waals surface area contributed by atoms with Gasteiger partial charge in [0.25, 0.3) is 0 Å². The van der Waals surface area contributed by atoms with Gasteiger partial charge in [-0.3, -0.25) is 9.47 Å². The number of halogens is 4. The Kier molecular flexibility index (Phi) is 4.56. The van der Waals surface area contributed by atoms with Crippen LogP contribution in [0.25, 0.3) is 5.69 Å². The minimum Gasteiger partial charge on any atom is -0.355 e. The molecule has 11 heteroatoms. The average molecular weight is 516 g/mol. The number of pyridine rings is 1. The first kappa shape index (κ1) is 22.4. The molecular weight excluding hydrogens is 491 g/mol. The number of hydrogen-bond donors (Lipinski definition) is 0. The molecule has 0 bridgehead atoms. The highest BCUT2D eigenvalue weighted by Crippen LogP contribution is 2.55. The molecule has 1 aliphatic carbocycles. The second-order valence-electron chi connectivity index (χ2n) is 10.8. The Bertz CT molecular complexity index is 1350. The van der Waals surface area contributed by atoms with Gasteiger partial charge in [0.2, 0.25) is 5.95 Å². The second-order valence-corrected chi connectivity index (χ2v) is 11.3. The van der Waals surface area contributed by atoms with Crippen LogP contribution < -0.4 is 9.80 Å². The first-order chi connectivity index (χ1) is 17.2. The van der Waals surface area contributed by atoms with Gasteiger partial charge in [0, 0.05) is 49.4 Å². The standard InChI is InChI=1S/C25H25ClF3N7/c1-16-4-7-30-20(8-16)33-12-23(13-33)14-34(15-23)22-32-31-21-11-35(24(5-6-24)25(27,28)29)10-17-9-18(26)2-3-19(17)36(21)22/h2-4,7-9H,5-6,10-15H2,1H3. The monoisotopic (exact) mass is 515 g/mol. The summed E-state index contributed by atoms with van der Waals surface area (Å²) in [5.41, 5.74) is 1.12. The number of aromatic nitrogens is 4. The van der Waals surface area contributed by atoms with Crippen LogP contribution >= 0.6 is 11.6 Å². The van der Waals surface area contributed by atoms with Crippen LogP contribution in [0.4, 0.5) is 24.9 Å². The molecule has 0 amide bonds. The van der Waals surface area contributed by atoms with E-state index in [-0.39, 0.29) is 31.3 Å². The molecule has 0 N–H and O–H groups in total. The highest BCUT2D eigenvalue weighted by Gasteiger charge is 2.67. The lowest BCUT2D eigenvalue weighted by molar-refractivity contribution is -0.200. The summed E-state index contributed by atoms with van der Waals surface area (Å²) in [7, 11) is 0. The highest BCUT2D eigenvalue weighted by molar-refractivity contribution is 6.30. The van der Waals surface area contributed by atoms with Crippen molar-refractivity contribution in [2.24, 2.45) is 5.41 Å². The van der Waals surface area contributed by atoms with Crippen molar-refractivity contribution in [3.8, 4) is 5.69 Å². The van der Waals surface area contributed by atoms with Crippen LogP contribution in [-0.4, -0.2) is 62.5 Å². The molecule has 0 radical (unpaired) electrons. The van der Waals surface area contributed by atoms with Crippen molar-refractivity contribution >= 4 is 23.4 Å². The Labute approximate surface area is 211 Å². The number of nitrogens with zero attached hydrogens (tertiary/aromatic N) is 7. The van der Waals surface area contributed by atoms with Crippen LogP contribution in [0, 0.1) is 12.3 Å². The molecule has 36 heavy (non-hydrogen) atoms. The van der Waals surface area contributed by atoms with Gasteiger partial charge in [0.05, 0.1) is 12.2 Å². The quantitative estimate of drug-likeness (QED) is 0.516. The van der Waals surface area contributed by atoms with Crippen molar-refractivity contribution in [3.05, 3.63) is 58.5 Å². The average Bonchev–Trinajstić information content (AvgIpc) is 3.51. The molecular formula is C25H25ClF3N7. The third-order valence-electron chi connectivity index (χ3n) is 8.16. The van der Waals surface area contributed by atoms with Gasteiger partial charge >= 0.3 is 6.18 Å². The van der Waals surface area contributed by atoms with Crippen LogP contribution in [-0.2, 0) is 13.1 Å². The van der Waals surface area contributed by atoms with Gasteiger partial charge in [0.15, 0.2) is 5.82 Å². The number of fused-ring (bicyclic) bond motifs is 3. The van der Waals surface area contributed by atoms with Crippen LogP contribution in [0.5, 0.6) is 0 Å². The van der Waals surface area contributed by atoms with E-state index in [1.54, 1.807) is 12.1 Å². The lowest BCUT2D eigenvalue weighted by Crippen LogP contribution is -2.73. The van der Waals surface area contributed by atoms with E-state index in [0.29, 0.717) is 16.8 Å².